The van der Waals surface area contributed by atoms with E-state index in [9.17, 15) is 4.79 Å². The van der Waals surface area contributed by atoms with E-state index in [1.54, 1.807) is 16.8 Å². The highest BCUT2D eigenvalue weighted by Crippen LogP contribution is 2.22. The third kappa shape index (κ3) is 5.31. The lowest BCUT2D eigenvalue weighted by Crippen LogP contribution is -2.24. The first-order chi connectivity index (χ1) is 13.0. The Kier molecular flexibility index (Phi) is 6.88. The van der Waals surface area contributed by atoms with E-state index in [-0.39, 0.29) is 11.7 Å². The van der Waals surface area contributed by atoms with Gasteiger partial charge in [0, 0.05) is 25.1 Å². The van der Waals surface area contributed by atoms with Crippen molar-refractivity contribution in [3.05, 3.63) is 63.7 Å². The van der Waals surface area contributed by atoms with Gasteiger partial charge in [0.1, 0.15) is 5.15 Å². The molecule has 3 rings (SSSR count). The summed E-state index contributed by atoms with van der Waals surface area (Å²) in [4.78, 5) is 21.8. The van der Waals surface area contributed by atoms with Crippen LogP contribution >= 0.6 is 23.4 Å². The molecule has 2 aromatic heterocycles. The van der Waals surface area contributed by atoms with Crippen molar-refractivity contribution in [3.63, 3.8) is 0 Å². The van der Waals surface area contributed by atoms with Crippen LogP contribution in [-0.4, -0.2) is 27.2 Å². The van der Waals surface area contributed by atoms with Crippen LogP contribution < -0.4 is 5.56 Å². The normalized spacial score (nSPS) is 11.4. The summed E-state index contributed by atoms with van der Waals surface area (Å²) in [6, 6.07) is 11.2. The van der Waals surface area contributed by atoms with Crippen molar-refractivity contribution in [2.24, 2.45) is 0 Å². The van der Waals surface area contributed by atoms with Gasteiger partial charge < -0.3 is 4.74 Å². The summed E-state index contributed by atoms with van der Waals surface area (Å²) in [7, 11) is 0. The summed E-state index contributed by atoms with van der Waals surface area (Å²) >= 11 is 7.37. The van der Waals surface area contributed by atoms with Gasteiger partial charge in [-0.1, -0.05) is 41.6 Å². The standard InChI is InChI=1S/C20H22ClN3O2S/c1-14(2)26-11-5-10-24-19(25)16-6-3-4-7-17(16)23-20(24)27-13-15-8-9-18(21)22-12-15/h3-4,6-9,12,14H,5,10-11,13H2,1-2H3. The lowest BCUT2D eigenvalue weighted by atomic mass is 10.2. The predicted molar refractivity (Wildman–Crippen MR) is 111 cm³/mol. The maximum absolute atomic E-state index is 13.0. The fourth-order valence-electron chi connectivity index (χ4n) is 2.64. The van der Waals surface area contributed by atoms with Crippen LogP contribution in [0.15, 0.2) is 52.5 Å². The molecule has 142 valence electrons. The molecule has 0 radical (unpaired) electrons. The van der Waals surface area contributed by atoms with Gasteiger partial charge in [-0.25, -0.2) is 9.97 Å². The number of nitrogens with zero attached hydrogens (tertiary/aromatic N) is 3. The molecule has 3 aromatic rings. The molecule has 27 heavy (non-hydrogen) atoms. The molecule has 2 heterocycles. The van der Waals surface area contributed by atoms with E-state index in [0.717, 1.165) is 12.0 Å². The molecular formula is C20H22ClN3O2S. The Bertz CT molecular complexity index is 958. The fraction of sp³-hybridized carbons (Fsp3) is 0.350. The second-order valence-electron chi connectivity index (χ2n) is 6.42. The number of aromatic nitrogens is 3. The number of hydrogen-bond donors (Lipinski definition) is 0. The van der Waals surface area contributed by atoms with Gasteiger partial charge in [0.05, 0.1) is 17.0 Å². The Balaban J connectivity index is 1.85. The molecular weight excluding hydrogens is 382 g/mol. The first kappa shape index (κ1) is 19.9. The Morgan fingerprint density at radius 2 is 2.04 bits per heavy atom. The fourth-order valence-corrected chi connectivity index (χ4v) is 3.71. The van der Waals surface area contributed by atoms with Gasteiger partial charge in [-0.15, -0.1) is 0 Å². The van der Waals surface area contributed by atoms with E-state index < -0.39 is 0 Å². The number of benzene rings is 1. The third-order valence-corrected chi connectivity index (χ3v) is 5.23. The Morgan fingerprint density at radius 1 is 1.22 bits per heavy atom. The number of ether oxygens (including phenoxy) is 1. The molecule has 0 fully saturated rings. The monoisotopic (exact) mass is 403 g/mol. The van der Waals surface area contributed by atoms with Crippen molar-refractivity contribution in [2.45, 2.75) is 43.8 Å². The van der Waals surface area contributed by atoms with Crippen LogP contribution in [0.2, 0.25) is 5.15 Å². The number of pyridine rings is 1. The molecule has 0 atom stereocenters. The smallest absolute Gasteiger partial charge is 0.262 e. The zero-order valence-corrected chi connectivity index (χ0v) is 17.0. The van der Waals surface area contributed by atoms with Crippen LogP contribution in [0.5, 0.6) is 0 Å². The molecule has 7 heteroatoms. The second kappa shape index (κ2) is 9.35. The maximum Gasteiger partial charge on any atom is 0.262 e. The van der Waals surface area contributed by atoms with E-state index in [1.807, 2.05) is 44.2 Å². The molecule has 5 nitrogen and oxygen atoms in total. The summed E-state index contributed by atoms with van der Waals surface area (Å²) in [6.07, 6.45) is 2.69. The van der Waals surface area contributed by atoms with Crippen molar-refractivity contribution in [1.82, 2.24) is 14.5 Å². The maximum atomic E-state index is 13.0. The minimum absolute atomic E-state index is 0.0121. The number of thioether (sulfide) groups is 1. The van der Waals surface area contributed by atoms with E-state index in [0.29, 0.717) is 40.1 Å². The Hall–Kier alpha value is -1.89. The van der Waals surface area contributed by atoms with Gasteiger partial charge in [-0.3, -0.25) is 9.36 Å². The molecule has 0 N–H and O–H groups in total. The second-order valence-corrected chi connectivity index (χ2v) is 7.75. The van der Waals surface area contributed by atoms with Gasteiger partial charge in [-0.05, 0) is 44.0 Å². The average molecular weight is 404 g/mol. The number of fused-ring (bicyclic) bond motifs is 1. The molecule has 0 saturated carbocycles. The number of halogens is 1. The molecule has 0 unspecified atom stereocenters. The highest BCUT2D eigenvalue weighted by molar-refractivity contribution is 7.98. The topological polar surface area (TPSA) is 57.0 Å². The van der Waals surface area contributed by atoms with Crippen LogP contribution in [0.4, 0.5) is 0 Å². The first-order valence-corrected chi connectivity index (χ1v) is 10.3. The van der Waals surface area contributed by atoms with Gasteiger partial charge in [0.2, 0.25) is 0 Å². The molecule has 1 aromatic carbocycles. The number of para-hydroxylation sites is 1. The zero-order valence-electron chi connectivity index (χ0n) is 15.4. The van der Waals surface area contributed by atoms with E-state index in [2.05, 4.69) is 4.98 Å². The minimum atomic E-state index is -0.0121. The van der Waals surface area contributed by atoms with Crippen LogP contribution in [0.25, 0.3) is 10.9 Å². The predicted octanol–water partition coefficient (Wildman–Crippen LogP) is 4.55. The van der Waals surface area contributed by atoms with E-state index >= 15 is 0 Å². The van der Waals surface area contributed by atoms with Crippen LogP contribution in [0.3, 0.4) is 0 Å². The van der Waals surface area contributed by atoms with Crippen molar-refractivity contribution in [2.75, 3.05) is 6.61 Å². The molecule has 0 saturated heterocycles. The summed E-state index contributed by atoms with van der Waals surface area (Å²) in [5.74, 6) is 0.664. The largest absolute Gasteiger partial charge is 0.379 e. The highest BCUT2D eigenvalue weighted by Gasteiger charge is 2.12. The number of hydrogen-bond acceptors (Lipinski definition) is 5. The lowest BCUT2D eigenvalue weighted by molar-refractivity contribution is 0.0743. The summed E-state index contributed by atoms with van der Waals surface area (Å²) < 4.78 is 7.36. The Labute approximate surface area is 167 Å². The van der Waals surface area contributed by atoms with Crippen molar-refractivity contribution in [1.29, 1.82) is 0 Å². The molecule has 0 bridgehead atoms. The minimum Gasteiger partial charge on any atom is -0.379 e. The van der Waals surface area contributed by atoms with Gasteiger partial charge in [0.25, 0.3) is 5.56 Å². The average Bonchev–Trinajstić information content (AvgIpc) is 2.66. The van der Waals surface area contributed by atoms with Gasteiger partial charge >= 0.3 is 0 Å². The molecule has 0 amide bonds. The van der Waals surface area contributed by atoms with E-state index in [4.69, 9.17) is 21.3 Å². The lowest BCUT2D eigenvalue weighted by Gasteiger charge is -2.14. The first-order valence-electron chi connectivity index (χ1n) is 8.89. The third-order valence-electron chi connectivity index (χ3n) is 3.96. The van der Waals surface area contributed by atoms with E-state index in [1.165, 1.54) is 11.8 Å². The zero-order chi connectivity index (χ0) is 19.2. The van der Waals surface area contributed by atoms with Crippen LogP contribution in [0.1, 0.15) is 25.8 Å². The molecule has 0 aliphatic rings. The number of rotatable bonds is 8. The van der Waals surface area contributed by atoms with Crippen LogP contribution in [-0.2, 0) is 17.0 Å². The van der Waals surface area contributed by atoms with Gasteiger partial charge in [-0.2, -0.15) is 0 Å². The van der Waals surface area contributed by atoms with Crippen molar-refractivity contribution >= 4 is 34.3 Å². The van der Waals surface area contributed by atoms with Crippen molar-refractivity contribution in [3.8, 4) is 0 Å². The van der Waals surface area contributed by atoms with Crippen LogP contribution in [0, 0.1) is 0 Å². The molecule has 0 aliphatic heterocycles. The summed E-state index contributed by atoms with van der Waals surface area (Å²) in [6.45, 7) is 5.20. The summed E-state index contributed by atoms with van der Waals surface area (Å²) in [5.41, 5.74) is 1.73. The summed E-state index contributed by atoms with van der Waals surface area (Å²) in [5, 5.41) is 1.81. The molecule has 0 spiro atoms. The quantitative estimate of drug-likeness (QED) is 0.239. The van der Waals surface area contributed by atoms with Crippen molar-refractivity contribution < 1.29 is 4.74 Å². The van der Waals surface area contributed by atoms with Gasteiger partial charge in [0.15, 0.2) is 5.16 Å². The Morgan fingerprint density at radius 3 is 2.78 bits per heavy atom. The molecule has 0 aliphatic carbocycles. The SMILES string of the molecule is CC(C)OCCCn1c(SCc2ccc(Cl)nc2)nc2ccccc2c1=O. The highest BCUT2D eigenvalue weighted by atomic mass is 35.5.